The van der Waals surface area contributed by atoms with Crippen molar-refractivity contribution in [1.82, 2.24) is 0 Å². The van der Waals surface area contributed by atoms with Crippen molar-refractivity contribution in [2.24, 2.45) is 0 Å². The molecule has 4 heavy (non-hydrogen) atoms. The molecule has 25 valence electrons. The Hall–Kier alpha value is 0.0969. The van der Waals surface area contributed by atoms with Gasteiger partial charge >= 0.3 is 0 Å². The molecule has 4 heteroatoms. The summed E-state index contributed by atoms with van der Waals surface area (Å²) < 4.78 is 0. The van der Waals surface area contributed by atoms with Crippen LogP contribution in [0.2, 0.25) is 0 Å². The Kier molecular flexibility index (Phi) is 1.45. The molecule has 0 aliphatic rings. The van der Waals surface area contributed by atoms with Crippen LogP contribution in [0.3, 0.4) is 0 Å². The zero-order valence-corrected chi connectivity index (χ0v) is 2.72. The van der Waals surface area contributed by atoms with E-state index in [0.29, 0.717) is 0 Å². The summed E-state index contributed by atoms with van der Waals surface area (Å²) in [6.07, 6.45) is 0. The highest BCUT2D eigenvalue weighted by Gasteiger charge is 1.14. The molecule has 0 aromatic carbocycles. The van der Waals surface area contributed by atoms with E-state index in [1.165, 1.54) is 0 Å². The van der Waals surface area contributed by atoms with E-state index < -0.39 is 9.53 Å². The number of rotatable bonds is 0. The first-order valence-electron chi connectivity index (χ1n) is 0.612. The fourth-order valence-corrected chi connectivity index (χ4v) is 0. The highest BCUT2D eigenvalue weighted by molar-refractivity contribution is 6.24. The Morgan fingerprint density at radius 2 is 1.00 bits per heavy atom. The predicted octanol–water partition coefficient (Wildman–Crippen LogP) is -3.95. The first kappa shape index (κ1) is 4.10. The van der Waals surface area contributed by atoms with Gasteiger partial charge in [0.2, 0.25) is 0 Å². The standard InChI is InChI=1S/O3Si/c1-4(2)3/q-3. The largest absolute Gasteiger partial charge is 0.885 e. The Morgan fingerprint density at radius 1 is 1.00 bits per heavy atom. The van der Waals surface area contributed by atoms with Gasteiger partial charge in [-0.1, -0.05) is 0 Å². The minimum absolute atomic E-state index is 3.63. The number of hydrogen-bond acceptors (Lipinski definition) is 3. The fourth-order valence-electron chi connectivity index (χ4n) is 0. The van der Waals surface area contributed by atoms with Gasteiger partial charge in [0.15, 0.2) is 0 Å². The van der Waals surface area contributed by atoms with Crippen molar-refractivity contribution >= 4 is 9.53 Å². The van der Waals surface area contributed by atoms with Crippen LogP contribution in [0.25, 0.3) is 0 Å². The van der Waals surface area contributed by atoms with Gasteiger partial charge in [-0.2, -0.15) is 0 Å². The maximum Gasteiger partial charge on any atom is -0.344 e. The van der Waals surface area contributed by atoms with Crippen molar-refractivity contribution in [2.75, 3.05) is 0 Å². The van der Waals surface area contributed by atoms with Gasteiger partial charge in [-0.15, -0.1) is 0 Å². The summed E-state index contributed by atoms with van der Waals surface area (Å²) >= 11 is 0. The average Bonchev–Trinajstić information content (AvgIpc) is 0.811. The second-order valence-corrected chi connectivity index (χ2v) is 0.750. The first-order chi connectivity index (χ1) is 1.73. The van der Waals surface area contributed by atoms with E-state index in [2.05, 4.69) is 0 Å². The minimum Gasteiger partial charge on any atom is -0.885 e. The monoisotopic (exact) mass is 76.0 g/mol. The Morgan fingerprint density at radius 3 is 1.00 bits per heavy atom. The fraction of sp³-hybridized carbons (Fsp3) is 0. The van der Waals surface area contributed by atoms with Crippen molar-refractivity contribution in [1.29, 1.82) is 0 Å². The van der Waals surface area contributed by atoms with Gasteiger partial charge < -0.3 is 23.9 Å². The van der Waals surface area contributed by atoms with Crippen molar-refractivity contribution in [3.8, 4) is 0 Å². The Balaban J connectivity index is 2.32. The molecule has 1 radical (unpaired) electrons. The molecule has 0 saturated heterocycles. The third-order valence-corrected chi connectivity index (χ3v) is 0. The normalized spacial score (nSPS) is 9.00. The molecule has 0 aliphatic heterocycles. The second kappa shape index (κ2) is 1.42. The minimum atomic E-state index is -3.63. The zero-order valence-electron chi connectivity index (χ0n) is 1.72. The maximum absolute atomic E-state index is 8.52. The summed E-state index contributed by atoms with van der Waals surface area (Å²) in [6.45, 7) is 0. The highest BCUT2D eigenvalue weighted by atomic mass is 28.3. The van der Waals surface area contributed by atoms with E-state index in [1.807, 2.05) is 0 Å². The summed E-state index contributed by atoms with van der Waals surface area (Å²) in [5.41, 5.74) is 0. The molecule has 0 fully saturated rings. The molecular formula is O3Si-3. The van der Waals surface area contributed by atoms with Crippen LogP contribution in [0.4, 0.5) is 0 Å². The molecule has 0 heterocycles. The molecule has 0 atom stereocenters. The lowest BCUT2D eigenvalue weighted by atomic mass is 15.8. The van der Waals surface area contributed by atoms with Crippen LogP contribution in [0, 0.1) is 0 Å². The molecule has 0 bridgehead atoms. The van der Waals surface area contributed by atoms with E-state index >= 15 is 0 Å². The van der Waals surface area contributed by atoms with E-state index in [-0.39, 0.29) is 0 Å². The molecule has 0 aliphatic carbocycles. The molecule has 0 N–H and O–H groups in total. The van der Waals surface area contributed by atoms with Crippen LogP contribution in [0.5, 0.6) is 0 Å². The molecule has 0 spiro atoms. The van der Waals surface area contributed by atoms with Gasteiger partial charge in [-0.3, -0.25) is 0 Å². The SMILES string of the molecule is [O-][Si]([O-])[O-]. The smallest absolute Gasteiger partial charge is 0.344 e. The molecule has 0 saturated carbocycles. The van der Waals surface area contributed by atoms with Gasteiger partial charge in [0.1, 0.15) is 0 Å². The summed E-state index contributed by atoms with van der Waals surface area (Å²) in [6, 6.07) is 0. The van der Waals surface area contributed by atoms with E-state index in [9.17, 15) is 0 Å². The molecule has 0 unspecified atom stereocenters. The average molecular weight is 76.1 g/mol. The molecule has 0 aromatic rings. The molecule has 0 rings (SSSR count). The van der Waals surface area contributed by atoms with Crippen LogP contribution in [0.15, 0.2) is 0 Å². The van der Waals surface area contributed by atoms with Gasteiger partial charge in [0, 0.05) is 0 Å². The Bertz CT molecular complexity index is 8.00. The molecule has 0 amide bonds. The number of hydrogen-bond donors (Lipinski definition) is 0. The van der Waals surface area contributed by atoms with Crippen LogP contribution in [-0.4, -0.2) is 9.53 Å². The van der Waals surface area contributed by atoms with E-state index in [4.69, 9.17) is 14.4 Å². The summed E-state index contributed by atoms with van der Waals surface area (Å²) in [5.74, 6) is 0. The lowest BCUT2D eigenvalue weighted by molar-refractivity contribution is -0.479. The van der Waals surface area contributed by atoms with Gasteiger partial charge in [-0.05, 0) is 0 Å². The Labute approximate surface area is 25.1 Å². The van der Waals surface area contributed by atoms with Crippen LogP contribution in [0.1, 0.15) is 0 Å². The zero-order chi connectivity index (χ0) is 3.58. The predicted molar refractivity (Wildman–Crippen MR) is 5.75 cm³/mol. The lowest BCUT2D eigenvalue weighted by Crippen LogP contribution is -2.56. The lowest BCUT2D eigenvalue weighted by Gasteiger charge is -2.37. The van der Waals surface area contributed by atoms with Crippen LogP contribution >= 0.6 is 0 Å². The van der Waals surface area contributed by atoms with E-state index in [0.717, 1.165) is 0 Å². The third-order valence-electron chi connectivity index (χ3n) is 0. The quantitative estimate of drug-likeness (QED) is 0.276. The van der Waals surface area contributed by atoms with Crippen molar-refractivity contribution < 1.29 is 14.4 Å². The highest BCUT2D eigenvalue weighted by Crippen LogP contribution is 0.994. The third kappa shape index (κ3) is 269. The van der Waals surface area contributed by atoms with E-state index in [1.54, 1.807) is 0 Å². The molecular weight excluding hydrogens is 76.1 g/mol. The van der Waals surface area contributed by atoms with Gasteiger partial charge in [0.25, 0.3) is 0 Å². The summed E-state index contributed by atoms with van der Waals surface area (Å²) in [7, 11) is -3.63. The van der Waals surface area contributed by atoms with Crippen LogP contribution in [-0.2, 0) is 0 Å². The summed E-state index contributed by atoms with van der Waals surface area (Å²) in [5, 5.41) is 0. The second-order valence-electron chi connectivity index (χ2n) is 0.250. The topological polar surface area (TPSA) is 69.2 Å². The van der Waals surface area contributed by atoms with Crippen molar-refractivity contribution in [3.63, 3.8) is 0 Å². The van der Waals surface area contributed by atoms with Gasteiger partial charge in [0.05, 0.1) is 0 Å². The van der Waals surface area contributed by atoms with Crippen molar-refractivity contribution in [3.05, 3.63) is 0 Å². The molecule has 0 aromatic heterocycles. The molecule has 3 nitrogen and oxygen atoms in total. The van der Waals surface area contributed by atoms with Gasteiger partial charge in [-0.25, -0.2) is 0 Å². The summed E-state index contributed by atoms with van der Waals surface area (Å²) in [4.78, 5) is 25.6. The maximum atomic E-state index is 8.52. The van der Waals surface area contributed by atoms with Crippen molar-refractivity contribution in [2.45, 2.75) is 0 Å². The van der Waals surface area contributed by atoms with Crippen LogP contribution < -0.4 is 14.4 Å². The first-order valence-corrected chi connectivity index (χ1v) is 1.84.